The quantitative estimate of drug-likeness (QED) is 0.688. The Bertz CT molecular complexity index is 777. The molecule has 132 valence electrons. The molecule has 1 fully saturated rings. The van der Waals surface area contributed by atoms with Crippen molar-refractivity contribution in [2.45, 2.75) is 38.2 Å². The van der Waals surface area contributed by atoms with E-state index in [2.05, 4.69) is 9.97 Å². The summed E-state index contributed by atoms with van der Waals surface area (Å²) in [6.07, 6.45) is 7.47. The molecule has 0 atom stereocenters. The molecule has 7 heteroatoms. The average Bonchev–Trinajstić information content (AvgIpc) is 3.10. The van der Waals surface area contributed by atoms with Gasteiger partial charge in [0, 0.05) is 18.0 Å². The number of halogens is 2. The van der Waals surface area contributed by atoms with Gasteiger partial charge >= 0.3 is 0 Å². The third-order valence-electron chi connectivity index (χ3n) is 4.14. The Labute approximate surface area is 156 Å². The number of rotatable bonds is 6. The molecule has 0 radical (unpaired) electrons. The van der Waals surface area contributed by atoms with Gasteiger partial charge in [-0.1, -0.05) is 23.2 Å². The van der Waals surface area contributed by atoms with Gasteiger partial charge in [-0.25, -0.2) is 4.98 Å². The molecule has 0 bridgehead atoms. The predicted octanol–water partition coefficient (Wildman–Crippen LogP) is 4.54. The molecular formula is C18H18Cl2N2O3. The molecule has 25 heavy (non-hydrogen) atoms. The van der Waals surface area contributed by atoms with E-state index in [0.29, 0.717) is 32.9 Å². The molecule has 2 aromatic heterocycles. The summed E-state index contributed by atoms with van der Waals surface area (Å²) in [5, 5.41) is 0.796. The van der Waals surface area contributed by atoms with Crippen molar-refractivity contribution in [3.05, 3.63) is 45.8 Å². The van der Waals surface area contributed by atoms with Crippen LogP contribution in [0.15, 0.2) is 24.5 Å². The molecule has 3 rings (SSSR count). The lowest BCUT2D eigenvalue weighted by molar-refractivity contribution is 0.0990. The highest BCUT2D eigenvalue weighted by molar-refractivity contribution is 6.34. The van der Waals surface area contributed by atoms with Crippen LogP contribution in [-0.4, -0.2) is 29.0 Å². The monoisotopic (exact) mass is 380 g/mol. The van der Waals surface area contributed by atoms with E-state index < -0.39 is 0 Å². The zero-order chi connectivity index (χ0) is 17.8. The fourth-order valence-corrected chi connectivity index (χ4v) is 3.28. The molecule has 2 heterocycles. The average molecular weight is 381 g/mol. The third kappa shape index (κ3) is 4.41. The second kappa shape index (κ2) is 8.02. The number of pyridine rings is 2. The van der Waals surface area contributed by atoms with Gasteiger partial charge in [-0.2, -0.15) is 0 Å². The van der Waals surface area contributed by atoms with Gasteiger partial charge in [0.15, 0.2) is 11.5 Å². The summed E-state index contributed by atoms with van der Waals surface area (Å²) in [7, 11) is 1.53. The van der Waals surface area contributed by atoms with Gasteiger partial charge in [0.1, 0.15) is 0 Å². The molecule has 0 saturated heterocycles. The van der Waals surface area contributed by atoms with Crippen molar-refractivity contribution in [2.24, 2.45) is 0 Å². The minimum atomic E-state index is -0.150. The summed E-state index contributed by atoms with van der Waals surface area (Å²) < 4.78 is 11.2. The number of carbonyl (C=O) groups is 1. The second-order valence-electron chi connectivity index (χ2n) is 5.94. The van der Waals surface area contributed by atoms with Crippen molar-refractivity contribution in [1.29, 1.82) is 0 Å². The maximum atomic E-state index is 12.6. The third-order valence-corrected chi connectivity index (χ3v) is 4.68. The van der Waals surface area contributed by atoms with Crippen LogP contribution in [0, 0.1) is 0 Å². The van der Waals surface area contributed by atoms with E-state index in [-0.39, 0.29) is 18.3 Å². The summed E-state index contributed by atoms with van der Waals surface area (Å²) in [6.45, 7) is 0. The Hall–Kier alpha value is -1.85. The van der Waals surface area contributed by atoms with Gasteiger partial charge in [-0.15, -0.1) is 0 Å². The van der Waals surface area contributed by atoms with Gasteiger partial charge in [0.05, 0.1) is 35.4 Å². The Morgan fingerprint density at radius 1 is 1.20 bits per heavy atom. The van der Waals surface area contributed by atoms with Gasteiger partial charge in [0.2, 0.25) is 0 Å². The van der Waals surface area contributed by atoms with E-state index in [1.807, 2.05) is 0 Å². The molecule has 0 amide bonds. The van der Waals surface area contributed by atoms with E-state index in [1.165, 1.54) is 19.5 Å². The minimum Gasteiger partial charge on any atom is -0.485 e. The van der Waals surface area contributed by atoms with Gasteiger partial charge in [0.25, 0.3) is 5.88 Å². The van der Waals surface area contributed by atoms with E-state index >= 15 is 0 Å². The number of hydrogen-bond donors (Lipinski definition) is 0. The number of Topliss-reactive ketones (excluding diaryl/α,β-unsaturated/α-hetero) is 1. The highest BCUT2D eigenvalue weighted by Gasteiger charge is 2.21. The Kier molecular flexibility index (Phi) is 5.76. The number of hydrogen-bond acceptors (Lipinski definition) is 5. The SMILES string of the molecule is COc1ncc(C(=O)Cc2ncc(Cl)cc2Cl)cc1OC1CCCC1. The standard InChI is InChI=1S/C18H18Cl2N2O3/c1-24-18-17(25-13-4-2-3-5-13)6-11(9-22-18)16(23)8-15-14(20)7-12(19)10-21-15/h6-7,9-10,13H,2-5,8H2,1H3. The van der Waals surface area contributed by atoms with Crippen molar-refractivity contribution in [1.82, 2.24) is 9.97 Å². The first-order chi connectivity index (χ1) is 12.1. The molecule has 2 aromatic rings. The van der Waals surface area contributed by atoms with E-state index in [0.717, 1.165) is 25.7 Å². The lowest BCUT2D eigenvalue weighted by atomic mass is 10.1. The Morgan fingerprint density at radius 2 is 1.96 bits per heavy atom. The minimum absolute atomic E-state index is 0.0624. The van der Waals surface area contributed by atoms with Crippen molar-refractivity contribution in [2.75, 3.05) is 7.11 Å². The van der Waals surface area contributed by atoms with Crippen LogP contribution in [0.5, 0.6) is 11.6 Å². The summed E-state index contributed by atoms with van der Waals surface area (Å²) in [4.78, 5) is 20.9. The zero-order valence-corrected chi connectivity index (χ0v) is 15.3. The summed E-state index contributed by atoms with van der Waals surface area (Å²) in [6, 6.07) is 3.25. The number of nitrogens with zero attached hydrogens (tertiary/aromatic N) is 2. The number of methoxy groups -OCH3 is 1. The maximum Gasteiger partial charge on any atom is 0.256 e. The normalized spacial score (nSPS) is 14.5. The number of aromatic nitrogens is 2. The predicted molar refractivity (Wildman–Crippen MR) is 96.0 cm³/mol. The summed E-state index contributed by atoms with van der Waals surface area (Å²) in [5.74, 6) is 0.727. The first kappa shape index (κ1) is 18.0. The maximum absolute atomic E-state index is 12.6. The molecular weight excluding hydrogens is 363 g/mol. The first-order valence-corrected chi connectivity index (χ1v) is 8.86. The van der Waals surface area contributed by atoms with Crippen LogP contribution in [-0.2, 0) is 6.42 Å². The highest BCUT2D eigenvalue weighted by atomic mass is 35.5. The van der Waals surface area contributed by atoms with Crippen molar-refractivity contribution >= 4 is 29.0 Å². The van der Waals surface area contributed by atoms with E-state index in [4.69, 9.17) is 32.7 Å². The lowest BCUT2D eigenvalue weighted by Gasteiger charge is -2.15. The lowest BCUT2D eigenvalue weighted by Crippen LogP contribution is -2.13. The fraction of sp³-hybridized carbons (Fsp3) is 0.389. The molecule has 0 N–H and O–H groups in total. The Balaban J connectivity index is 1.79. The van der Waals surface area contributed by atoms with Crippen LogP contribution in [0.3, 0.4) is 0 Å². The van der Waals surface area contributed by atoms with Crippen molar-refractivity contribution in [3.63, 3.8) is 0 Å². The topological polar surface area (TPSA) is 61.3 Å². The van der Waals surface area contributed by atoms with E-state index in [9.17, 15) is 4.79 Å². The number of ether oxygens (including phenoxy) is 2. The van der Waals surface area contributed by atoms with Crippen LogP contribution in [0.1, 0.15) is 41.7 Å². The first-order valence-electron chi connectivity index (χ1n) is 8.10. The van der Waals surface area contributed by atoms with Crippen LogP contribution < -0.4 is 9.47 Å². The molecule has 5 nitrogen and oxygen atoms in total. The van der Waals surface area contributed by atoms with Gasteiger partial charge in [-0.05, 0) is 37.8 Å². The molecule has 0 aromatic carbocycles. The smallest absolute Gasteiger partial charge is 0.256 e. The Morgan fingerprint density at radius 3 is 2.64 bits per heavy atom. The number of carbonyl (C=O) groups excluding carboxylic acids is 1. The zero-order valence-electron chi connectivity index (χ0n) is 13.8. The highest BCUT2D eigenvalue weighted by Crippen LogP contribution is 2.31. The molecule has 0 unspecified atom stereocenters. The molecule has 0 spiro atoms. The van der Waals surface area contributed by atoms with Crippen molar-refractivity contribution < 1.29 is 14.3 Å². The van der Waals surface area contributed by atoms with Crippen LogP contribution in [0.4, 0.5) is 0 Å². The van der Waals surface area contributed by atoms with Crippen LogP contribution in [0.2, 0.25) is 10.0 Å². The van der Waals surface area contributed by atoms with Gasteiger partial charge < -0.3 is 9.47 Å². The molecule has 0 aliphatic heterocycles. The van der Waals surface area contributed by atoms with Crippen molar-refractivity contribution in [3.8, 4) is 11.6 Å². The van der Waals surface area contributed by atoms with Gasteiger partial charge in [-0.3, -0.25) is 9.78 Å². The molecule has 1 saturated carbocycles. The van der Waals surface area contributed by atoms with Crippen LogP contribution >= 0.6 is 23.2 Å². The van der Waals surface area contributed by atoms with Crippen LogP contribution in [0.25, 0.3) is 0 Å². The second-order valence-corrected chi connectivity index (χ2v) is 6.78. The summed E-state index contributed by atoms with van der Waals surface area (Å²) >= 11 is 11.9. The number of ketones is 1. The molecule has 1 aliphatic carbocycles. The fourth-order valence-electron chi connectivity index (χ4n) is 2.84. The summed E-state index contributed by atoms with van der Waals surface area (Å²) in [5.41, 5.74) is 0.909. The molecule has 1 aliphatic rings. The van der Waals surface area contributed by atoms with E-state index in [1.54, 1.807) is 12.1 Å². The largest absolute Gasteiger partial charge is 0.485 e.